The van der Waals surface area contributed by atoms with Crippen LogP contribution in [-0.2, 0) is 4.74 Å². The number of ether oxygens (including phenoxy) is 2. The van der Waals surface area contributed by atoms with Crippen LogP contribution in [0.15, 0.2) is 54.7 Å². The highest BCUT2D eigenvalue weighted by Crippen LogP contribution is 2.29. The molecule has 2 aromatic carbocycles. The SMILES string of the molecule is COC(=O)N1CCC(Oc2ccc(-c3cnc4ccccc4c3)c(C)c2)CC1. The molecule has 5 nitrogen and oxygen atoms in total. The zero-order valence-corrected chi connectivity index (χ0v) is 16.2. The minimum Gasteiger partial charge on any atom is -0.490 e. The number of methoxy groups -OCH3 is 1. The maximum Gasteiger partial charge on any atom is 0.409 e. The fourth-order valence-corrected chi connectivity index (χ4v) is 3.73. The first-order chi connectivity index (χ1) is 13.6. The Morgan fingerprint density at radius 1 is 1.11 bits per heavy atom. The van der Waals surface area contributed by atoms with Gasteiger partial charge >= 0.3 is 6.09 Å². The molecule has 0 N–H and O–H groups in total. The highest BCUT2D eigenvalue weighted by molar-refractivity contribution is 5.84. The Kier molecular flexibility index (Phi) is 5.15. The van der Waals surface area contributed by atoms with E-state index in [1.165, 1.54) is 7.11 Å². The molecule has 0 bridgehead atoms. The summed E-state index contributed by atoms with van der Waals surface area (Å²) in [7, 11) is 1.42. The second kappa shape index (κ2) is 7.89. The Labute approximate surface area is 164 Å². The van der Waals surface area contributed by atoms with E-state index in [4.69, 9.17) is 9.47 Å². The molecule has 144 valence electrons. The second-order valence-electron chi connectivity index (χ2n) is 7.17. The van der Waals surface area contributed by atoms with Gasteiger partial charge in [0.15, 0.2) is 0 Å². The molecule has 2 heterocycles. The molecule has 0 unspecified atom stereocenters. The molecule has 1 aliphatic heterocycles. The molecule has 0 atom stereocenters. The van der Waals surface area contributed by atoms with E-state index in [1.807, 2.05) is 30.5 Å². The van der Waals surface area contributed by atoms with E-state index >= 15 is 0 Å². The van der Waals surface area contributed by atoms with Crippen LogP contribution >= 0.6 is 0 Å². The number of hydrogen-bond acceptors (Lipinski definition) is 4. The number of rotatable bonds is 3. The van der Waals surface area contributed by atoms with Crippen LogP contribution < -0.4 is 4.74 Å². The molecule has 3 aromatic rings. The maximum absolute atomic E-state index is 11.6. The highest BCUT2D eigenvalue weighted by Gasteiger charge is 2.24. The molecular formula is C23H24N2O3. The van der Waals surface area contributed by atoms with Crippen LogP contribution in [0.2, 0.25) is 0 Å². The van der Waals surface area contributed by atoms with Crippen molar-refractivity contribution in [1.82, 2.24) is 9.88 Å². The van der Waals surface area contributed by atoms with E-state index in [-0.39, 0.29) is 12.2 Å². The summed E-state index contributed by atoms with van der Waals surface area (Å²) in [6, 6.07) is 16.5. The van der Waals surface area contributed by atoms with Gasteiger partial charge in [0.05, 0.1) is 12.6 Å². The highest BCUT2D eigenvalue weighted by atomic mass is 16.5. The first kappa shape index (κ1) is 18.3. The molecule has 1 saturated heterocycles. The summed E-state index contributed by atoms with van der Waals surface area (Å²) in [5.41, 5.74) is 4.42. The van der Waals surface area contributed by atoms with Crippen molar-refractivity contribution in [3.63, 3.8) is 0 Å². The zero-order valence-electron chi connectivity index (χ0n) is 16.2. The van der Waals surface area contributed by atoms with Gasteiger partial charge in [-0.1, -0.05) is 24.3 Å². The lowest BCUT2D eigenvalue weighted by molar-refractivity contribution is 0.0791. The van der Waals surface area contributed by atoms with E-state index in [9.17, 15) is 4.79 Å². The summed E-state index contributed by atoms with van der Waals surface area (Å²) in [4.78, 5) is 17.9. The zero-order chi connectivity index (χ0) is 19.5. The number of amides is 1. The Morgan fingerprint density at radius 3 is 2.64 bits per heavy atom. The molecule has 0 saturated carbocycles. The summed E-state index contributed by atoms with van der Waals surface area (Å²) >= 11 is 0. The van der Waals surface area contributed by atoms with Crippen LogP contribution in [0.1, 0.15) is 18.4 Å². The van der Waals surface area contributed by atoms with Gasteiger partial charge in [0.25, 0.3) is 0 Å². The molecule has 1 aromatic heterocycles. The van der Waals surface area contributed by atoms with Crippen molar-refractivity contribution in [2.45, 2.75) is 25.9 Å². The summed E-state index contributed by atoms with van der Waals surface area (Å²) in [6.45, 7) is 3.42. The van der Waals surface area contributed by atoms with Gasteiger partial charge in [0, 0.05) is 43.1 Å². The van der Waals surface area contributed by atoms with Gasteiger partial charge in [-0.2, -0.15) is 0 Å². The van der Waals surface area contributed by atoms with Crippen LogP contribution in [0.4, 0.5) is 4.79 Å². The van der Waals surface area contributed by atoms with Crippen LogP contribution in [0, 0.1) is 6.92 Å². The van der Waals surface area contributed by atoms with Gasteiger partial charge in [-0.05, 0) is 42.3 Å². The molecule has 5 heteroatoms. The average molecular weight is 376 g/mol. The number of hydrogen-bond donors (Lipinski definition) is 0. The third-order valence-corrected chi connectivity index (χ3v) is 5.28. The van der Waals surface area contributed by atoms with Gasteiger partial charge in [-0.3, -0.25) is 4.98 Å². The third kappa shape index (κ3) is 3.79. The Hall–Kier alpha value is -3.08. The van der Waals surface area contributed by atoms with Gasteiger partial charge in [0.1, 0.15) is 11.9 Å². The van der Waals surface area contributed by atoms with Crippen molar-refractivity contribution in [2.75, 3.05) is 20.2 Å². The monoisotopic (exact) mass is 376 g/mol. The number of carbonyl (C=O) groups is 1. The molecule has 1 fully saturated rings. The number of para-hydroxylation sites is 1. The number of fused-ring (bicyclic) bond motifs is 1. The van der Waals surface area contributed by atoms with Gasteiger partial charge in [-0.15, -0.1) is 0 Å². The minimum absolute atomic E-state index is 0.119. The minimum atomic E-state index is -0.261. The predicted octanol–water partition coefficient (Wildman–Crippen LogP) is 4.82. The van der Waals surface area contributed by atoms with Crippen molar-refractivity contribution in [3.05, 3.63) is 60.3 Å². The van der Waals surface area contributed by atoms with Crippen molar-refractivity contribution in [2.24, 2.45) is 0 Å². The fraction of sp³-hybridized carbons (Fsp3) is 0.304. The quantitative estimate of drug-likeness (QED) is 0.658. The lowest BCUT2D eigenvalue weighted by Crippen LogP contribution is -2.41. The second-order valence-corrected chi connectivity index (χ2v) is 7.17. The third-order valence-electron chi connectivity index (χ3n) is 5.28. The molecule has 4 rings (SSSR count). The summed E-state index contributed by atoms with van der Waals surface area (Å²) in [6.07, 6.45) is 3.40. The van der Waals surface area contributed by atoms with Gasteiger partial charge in [0.2, 0.25) is 0 Å². The summed E-state index contributed by atoms with van der Waals surface area (Å²) in [5, 5.41) is 1.14. The maximum atomic E-state index is 11.6. The lowest BCUT2D eigenvalue weighted by Gasteiger charge is -2.31. The molecule has 1 amide bonds. The van der Waals surface area contributed by atoms with Crippen LogP contribution in [0.3, 0.4) is 0 Å². The Balaban J connectivity index is 1.46. The summed E-state index contributed by atoms with van der Waals surface area (Å²) < 4.78 is 10.9. The summed E-state index contributed by atoms with van der Waals surface area (Å²) in [5.74, 6) is 0.867. The Morgan fingerprint density at radius 2 is 1.89 bits per heavy atom. The normalized spacial score (nSPS) is 14.9. The van der Waals surface area contributed by atoms with Crippen molar-refractivity contribution < 1.29 is 14.3 Å². The van der Waals surface area contributed by atoms with Crippen molar-refractivity contribution in [1.29, 1.82) is 0 Å². The number of aryl methyl sites for hydroxylation is 1. The van der Waals surface area contributed by atoms with E-state index in [2.05, 4.69) is 36.2 Å². The molecule has 28 heavy (non-hydrogen) atoms. The molecule has 0 radical (unpaired) electrons. The Bertz CT molecular complexity index is 994. The standard InChI is InChI=1S/C23H24N2O3/c1-16-13-20(28-19-9-11-25(12-10-19)23(26)27-2)7-8-21(16)18-14-17-5-3-4-6-22(17)24-15-18/h3-8,13-15,19H,9-12H2,1-2H3. The number of pyridine rings is 1. The van der Waals surface area contributed by atoms with Crippen molar-refractivity contribution >= 4 is 17.0 Å². The molecular weight excluding hydrogens is 352 g/mol. The fourth-order valence-electron chi connectivity index (χ4n) is 3.73. The number of likely N-dealkylation sites (tertiary alicyclic amines) is 1. The smallest absolute Gasteiger partial charge is 0.409 e. The number of piperidine rings is 1. The lowest BCUT2D eigenvalue weighted by atomic mass is 10.0. The van der Waals surface area contributed by atoms with Gasteiger partial charge in [-0.25, -0.2) is 4.79 Å². The van der Waals surface area contributed by atoms with E-state index < -0.39 is 0 Å². The number of benzene rings is 2. The van der Waals surface area contributed by atoms with E-state index in [1.54, 1.807) is 4.90 Å². The van der Waals surface area contributed by atoms with Crippen molar-refractivity contribution in [3.8, 4) is 16.9 Å². The largest absolute Gasteiger partial charge is 0.490 e. The molecule has 0 spiro atoms. The van der Waals surface area contributed by atoms with Crippen LogP contribution in [-0.4, -0.2) is 42.3 Å². The van der Waals surface area contributed by atoms with Crippen LogP contribution in [0.5, 0.6) is 5.75 Å². The first-order valence-electron chi connectivity index (χ1n) is 9.59. The number of aromatic nitrogens is 1. The average Bonchev–Trinajstić information content (AvgIpc) is 2.73. The van der Waals surface area contributed by atoms with E-state index in [0.717, 1.165) is 46.2 Å². The molecule has 0 aliphatic carbocycles. The topological polar surface area (TPSA) is 51.7 Å². The molecule has 1 aliphatic rings. The number of nitrogens with zero attached hydrogens (tertiary/aromatic N) is 2. The van der Waals surface area contributed by atoms with E-state index in [0.29, 0.717) is 13.1 Å². The predicted molar refractivity (Wildman–Crippen MR) is 110 cm³/mol. The van der Waals surface area contributed by atoms with Crippen LogP contribution in [0.25, 0.3) is 22.0 Å². The number of carbonyl (C=O) groups excluding carboxylic acids is 1. The first-order valence-corrected chi connectivity index (χ1v) is 9.59. The van der Waals surface area contributed by atoms with Gasteiger partial charge < -0.3 is 14.4 Å².